The average molecular weight is 719 g/mol. The number of aromatic nitrogens is 1. The smallest absolute Gasteiger partial charge is 0.227 e. The molecule has 0 bridgehead atoms. The van der Waals surface area contributed by atoms with Crippen LogP contribution in [-0.2, 0) is 0 Å². The Morgan fingerprint density at radius 1 is 0.393 bits per heavy atom. The highest BCUT2D eigenvalue weighted by Crippen LogP contribution is 2.42. The zero-order valence-corrected chi connectivity index (χ0v) is 31.3. The van der Waals surface area contributed by atoms with Crippen LogP contribution in [0.4, 0.5) is 17.1 Å². The molecule has 3 heteroatoms. The molecule has 10 aromatic rings. The first kappa shape index (κ1) is 33.3. The van der Waals surface area contributed by atoms with Crippen molar-refractivity contribution in [2.45, 2.75) is 13.8 Å². The van der Waals surface area contributed by atoms with Crippen molar-refractivity contribution in [1.29, 1.82) is 0 Å². The van der Waals surface area contributed by atoms with Crippen LogP contribution in [0.5, 0.6) is 0 Å². The molecule has 56 heavy (non-hydrogen) atoms. The Morgan fingerprint density at radius 2 is 0.911 bits per heavy atom. The van der Waals surface area contributed by atoms with Crippen LogP contribution < -0.4 is 4.90 Å². The second-order valence-electron chi connectivity index (χ2n) is 14.6. The summed E-state index contributed by atoms with van der Waals surface area (Å²) in [5.74, 6) is 0.608. The summed E-state index contributed by atoms with van der Waals surface area (Å²) in [6.45, 7) is 4.27. The van der Waals surface area contributed by atoms with E-state index >= 15 is 0 Å². The van der Waals surface area contributed by atoms with Crippen molar-refractivity contribution in [3.8, 4) is 44.8 Å². The molecular weight excluding hydrogens is 681 g/mol. The Morgan fingerprint density at radius 3 is 1.54 bits per heavy atom. The van der Waals surface area contributed by atoms with Crippen molar-refractivity contribution in [1.82, 2.24) is 4.98 Å². The van der Waals surface area contributed by atoms with Crippen LogP contribution in [0, 0.1) is 13.8 Å². The summed E-state index contributed by atoms with van der Waals surface area (Å²) in [4.78, 5) is 7.34. The summed E-state index contributed by atoms with van der Waals surface area (Å²) in [6.07, 6.45) is 0. The van der Waals surface area contributed by atoms with Gasteiger partial charge < -0.3 is 9.32 Å². The molecule has 1 aromatic heterocycles. The highest BCUT2D eigenvalue weighted by Gasteiger charge is 2.18. The van der Waals surface area contributed by atoms with Gasteiger partial charge in [-0.05, 0) is 124 Å². The molecular formula is C53H38N2O. The van der Waals surface area contributed by atoms with Gasteiger partial charge in [-0.25, -0.2) is 4.98 Å². The number of hydrogen-bond donors (Lipinski definition) is 0. The molecule has 0 aliphatic rings. The molecule has 10 rings (SSSR count). The van der Waals surface area contributed by atoms with Crippen LogP contribution in [0.1, 0.15) is 11.1 Å². The van der Waals surface area contributed by atoms with E-state index in [1.807, 2.05) is 12.1 Å². The van der Waals surface area contributed by atoms with Gasteiger partial charge in [0.15, 0.2) is 5.58 Å². The van der Waals surface area contributed by atoms with Gasteiger partial charge in [0, 0.05) is 28.0 Å². The van der Waals surface area contributed by atoms with Crippen molar-refractivity contribution < 1.29 is 4.42 Å². The number of anilines is 3. The van der Waals surface area contributed by atoms with E-state index in [1.54, 1.807) is 0 Å². The van der Waals surface area contributed by atoms with Gasteiger partial charge in [-0.1, -0.05) is 145 Å². The first-order chi connectivity index (χ1) is 27.5. The number of oxazole rings is 1. The molecule has 0 unspecified atom stereocenters. The van der Waals surface area contributed by atoms with Gasteiger partial charge >= 0.3 is 0 Å². The monoisotopic (exact) mass is 718 g/mol. The normalized spacial score (nSPS) is 11.4. The SMILES string of the molecule is Cc1ccc(-c2cc(-c3ccc(C)cc3)cc(N(c3ccc(-c4nc5c(ccc6ccccc65)o4)cc3)c3ccc(-c4cccc5ccccc45)cc3)c2)cc1. The van der Waals surface area contributed by atoms with Crippen LogP contribution in [0.3, 0.4) is 0 Å². The Kier molecular flexibility index (Phi) is 8.26. The number of benzene rings is 9. The van der Waals surface area contributed by atoms with Gasteiger partial charge in [-0.2, -0.15) is 0 Å². The molecule has 0 aliphatic carbocycles. The van der Waals surface area contributed by atoms with Crippen molar-refractivity contribution in [2.75, 3.05) is 4.90 Å². The van der Waals surface area contributed by atoms with E-state index in [0.29, 0.717) is 5.89 Å². The summed E-state index contributed by atoms with van der Waals surface area (Å²) in [7, 11) is 0. The molecule has 0 atom stereocenters. The molecule has 0 saturated heterocycles. The summed E-state index contributed by atoms with van der Waals surface area (Å²) in [5, 5.41) is 4.72. The fourth-order valence-corrected chi connectivity index (χ4v) is 7.82. The fraction of sp³-hybridized carbons (Fsp3) is 0.0377. The number of nitrogens with zero attached hydrogens (tertiary/aromatic N) is 2. The molecule has 3 nitrogen and oxygen atoms in total. The van der Waals surface area contributed by atoms with Gasteiger partial charge in [-0.3, -0.25) is 0 Å². The van der Waals surface area contributed by atoms with Gasteiger partial charge in [-0.15, -0.1) is 0 Å². The van der Waals surface area contributed by atoms with E-state index < -0.39 is 0 Å². The Balaban J connectivity index is 1.12. The highest BCUT2D eigenvalue weighted by molar-refractivity contribution is 6.04. The van der Waals surface area contributed by atoms with E-state index in [1.165, 1.54) is 44.2 Å². The third kappa shape index (κ3) is 6.19. The van der Waals surface area contributed by atoms with Gasteiger partial charge in [0.25, 0.3) is 0 Å². The predicted octanol–water partition coefficient (Wildman–Crippen LogP) is 14.9. The lowest BCUT2D eigenvalue weighted by Crippen LogP contribution is -2.10. The number of rotatable bonds is 7. The van der Waals surface area contributed by atoms with E-state index in [-0.39, 0.29) is 0 Å². The number of fused-ring (bicyclic) bond motifs is 4. The minimum atomic E-state index is 0.608. The van der Waals surface area contributed by atoms with E-state index in [0.717, 1.165) is 55.6 Å². The molecule has 9 aromatic carbocycles. The molecule has 1 heterocycles. The molecule has 0 amide bonds. The molecule has 0 saturated carbocycles. The Labute approximate surface area is 326 Å². The van der Waals surface area contributed by atoms with Gasteiger partial charge in [0.1, 0.15) is 5.52 Å². The quantitative estimate of drug-likeness (QED) is 0.164. The summed E-state index contributed by atoms with van der Waals surface area (Å²) in [5.41, 5.74) is 15.3. The first-order valence-electron chi connectivity index (χ1n) is 19.1. The topological polar surface area (TPSA) is 29.3 Å². The summed E-state index contributed by atoms with van der Waals surface area (Å²) in [6, 6.07) is 69.6. The van der Waals surface area contributed by atoms with Crippen LogP contribution in [0.25, 0.3) is 77.5 Å². The fourth-order valence-electron chi connectivity index (χ4n) is 7.82. The zero-order valence-electron chi connectivity index (χ0n) is 31.3. The highest BCUT2D eigenvalue weighted by atomic mass is 16.3. The van der Waals surface area contributed by atoms with Crippen molar-refractivity contribution in [3.05, 3.63) is 205 Å². The molecule has 0 fully saturated rings. The van der Waals surface area contributed by atoms with Gasteiger partial charge in [0.05, 0.1) is 0 Å². The number of aryl methyl sites for hydroxylation is 2. The van der Waals surface area contributed by atoms with Crippen molar-refractivity contribution in [2.24, 2.45) is 0 Å². The molecule has 0 aliphatic heterocycles. The minimum absolute atomic E-state index is 0.608. The van der Waals surface area contributed by atoms with Crippen molar-refractivity contribution >= 4 is 49.7 Å². The molecule has 0 N–H and O–H groups in total. The van der Waals surface area contributed by atoms with Crippen LogP contribution in [-0.4, -0.2) is 4.98 Å². The van der Waals surface area contributed by atoms with Crippen LogP contribution in [0.15, 0.2) is 199 Å². The third-order valence-corrected chi connectivity index (χ3v) is 10.8. The molecule has 266 valence electrons. The van der Waals surface area contributed by atoms with E-state index in [2.05, 4.69) is 201 Å². The number of hydrogen-bond acceptors (Lipinski definition) is 3. The van der Waals surface area contributed by atoms with Gasteiger partial charge in [0.2, 0.25) is 5.89 Å². The Hall–Kier alpha value is -7.23. The third-order valence-electron chi connectivity index (χ3n) is 10.8. The minimum Gasteiger partial charge on any atom is -0.436 e. The van der Waals surface area contributed by atoms with Crippen LogP contribution in [0.2, 0.25) is 0 Å². The summed E-state index contributed by atoms with van der Waals surface area (Å²) < 4.78 is 6.34. The lowest BCUT2D eigenvalue weighted by molar-refractivity contribution is 0.620. The standard InChI is InChI=1S/C53H38N2O/c1-35-14-18-37(19-15-35)43-32-44(38-20-16-36(2)17-21-38)34-47(33-43)55(45-27-22-41(23-28-45)49-13-7-10-39-8-3-5-11-48(39)49)46-29-24-42(25-30-46)53-54-52-50-12-6-4-9-40(50)26-31-51(52)56-53/h3-34H,1-2H3. The maximum Gasteiger partial charge on any atom is 0.227 e. The maximum atomic E-state index is 6.34. The van der Waals surface area contributed by atoms with E-state index in [9.17, 15) is 0 Å². The lowest BCUT2D eigenvalue weighted by Gasteiger charge is -2.27. The summed E-state index contributed by atoms with van der Waals surface area (Å²) >= 11 is 0. The zero-order chi connectivity index (χ0) is 37.6. The van der Waals surface area contributed by atoms with Crippen LogP contribution >= 0.6 is 0 Å². The van der Waals surface area contributed by atoms with Crippen molar-refractivity contribution in [3.63, 3.8) is 0 Å². The lowest BCUT2D eigenvalue weighted by atomic mass is 9.96. The maximum absolute atomic E-state index is 6.34. The molecule has 0 spiro atoms. The average Bonchev–Trinajstić information content (AvgIpc) is 3.70. The van der Waals surface area contributed by atoms with E-state index in [4.69, 9.17) is 9.40 Å². The first-order valence-corrected chi connectivity index (χ1v) is 19.1. The largest absolute Gasteiger partial charge is 0.436 e. The Bertz CT molecular complexity index is 2940. The second-order valence-corrected chi connectivity index (χ2v) is 14.6. The second kappa shape index (κ2) is 13.9. The molecule has 0 radical (unpaired) electrons. The predicted molar refractivity (Wildman–Crippen MR) is 235 cm³/mol.